The van der Waals surface area contributed by atoms with Crippen molar-refractivity contribution in [2.75, 3.05) is 14.1 Å². The first kappa shape index (κ1) is 21.5. The number of esters is 1. The smallest absolute Gasteiger partial charge is 0.329 e. The minimum absolute atomic E-state index is 0.0196. The van der Waals surface area contributed by atoms with Crippen molar-refractivity contribution in [3.8, 4) is 0 Å². The molecule has 30 heavy (non-hydrogen) atoms. The molecule has 1 fully saturated rings. The van der Waals surface area contributed by atoms with Gasteiger partial charge in [-0.15, -0.1) is 11.3 Å². The van der Waals surface area contributed by atoms with Crippen LogP contribution in [0.3, 0.4) is 0 Å². The van der Waals surface area contributed by atoms with Crippen molar-refractivity contribution in [3.63, 3.8) is 0 Å². The summed E-state index contributed by atoms with van der Waals surface area (Å²) in [7, 11) is 3.90. The van der Waals surface area contributed by atoms with Gasteiger partial charge in [-0.2, -0.15) is 0 Å². The van der Waals surface area contributed by atoms with Gasteiger partial charge in [0.15, 0.2) is 0 Å². The molecule has 164 valence electrons. The fourth-order valence-electron chi connectivity index (χ4n) is 4.79. The highest BCUT2D eigenvalue weighted by molar-refractivity contribution is 7.18. The van der Waals surface area contributed by atoms with E-state index < -0.39 is 6.04 Å². The molecule has 2 unspecified atom stereocenters. The lowest BCUT2D eigenvalue weighted by molar-refractivity contribution is -0.154. The van der Waals surface area contributed by atoms with Gasteiger partial charge in [0.1, 0.15) is 22.8 Å². The average molecular weight is 432 g/mol. The highest BCUT2D eigenvalue weighted by Gasteiger charge is 2.29. The molecule has 0 aromatic carbocycles. The van der Waals surface area contributed by atoms with Gasteiger partial charge >= 0.3 is 5.97 Å². The number of carbonyl (C=O) groups is 1. The zero-order valence-electron chi connectivity index (χ0n) is 18.6. The quantitative estimate of drug-likeness (QED) is 0.668. The SMILES string of the molecule is CC1CCc2c(sc3nc(CN(C)C)n(C(C)C(=O)OC4CCCCC4)c(=O)c23)C1. The molecule has 2 atom stereocenters. The fraction of sp³-hybridized carbons (Fsp3) is 0.696. The van der Waals surface area contributed by atoms with Crippen molar-refractivity contribution in [2.24, 2.45) is 5.92 Å². The van der Waals surface area contributed by atoms with Gasteiger partial charge in [-0.25, -0.2) is 9.78 Å². The van der Waals surface area contributed by atoms with Crippen molar-refractivity contribution < 1.29 is 9.53 Å². The number of hydrogen-bond acceptors (Lipinski definition) is 6. The van der Waals surface area contributed by atoms with Gasteiger partial charge in [-0.3, -0.25) is 9.36 Å². The predicted octanol–water partition coefficient (Wildman–Crippen LogP) is 4.08. The molecule has 0 N–H and O–H groups in total. The number of fused-ring (bicyclic) bond motifs is 3. The Morgan fingerprint density at radius 3 is 2.70 bits per heavy atom. The lowest BCUT2D eigenvalue weighted by Crippen LogP contribution is -2.36. The molecule has 0 bridgehead atoms. The summed E-state index contributed by atoms with van der Waals surface area (Å²) in [6.07, 6.45) is 8.26. The van der Waals surface area contributed by atoms with Crippen LogP contribution in [0.5, 0.6) is 0 Å². The lowest BCUT2D eigenvalue weighted by atomic mass is 9.89. The lowest BCUT2D eigenvalue weighted by Gasteiger charge is -2.25. The molecule has 0 aliphatic heterocycles. The third-order valence-corrected chi connectivity index (χ3v) is 7.60. The first-order valence-electron chi connectivity index (χ1n) is 11.3. The Kier molecular flexibility index (Phi) is 6.30. The molecule has 1 saturated carbocycles. The van der Waals surface area contributed by atoms with E-state index in [1.54, 1.807) is 22.8 Å². The summed E-state index contributed by atoms with van der Waals surface area (Å²) in [6.45, 7) is 4.55. The van der Waals surface area contributed by atoms with E-state index in [0.717, 1.165) is 60.7 Å². The molecule has 0 spiro atoms. The van der Waals surface area contributed by atoms with E-state index in [1.165, 1.54) is 11.3 Å². The highest BCUT2D eigenvalue weighted by Crippen LogP contribution is 2.36. The molecular weight excluding hydrogens is 398 g/mol. The van der Waals surface area contributed by atoms with Crippen LogP contribution in [0.25, 0.3) is 10.2 Å². The topological polar surface area (TPSA) is 64.4 Å². The monoisotopic (exact) mass is 431 g/mol. The number of rotatable bonds is 5. The van der Waals surface area contributed by atoms with Crippen LogP contribution in [0.2, 0.25) is 0 Å². The third kappa shape index (κ3) is 4.19. The van der Waals surface area contributed by atoms with Crippen LogP contribution in [0, 0.1) is 5.92 Å². The van der Waals surface area contributed by atoms with Gasteiger partial charge in [0, 0.05) is 4.88 Å². The third-order valence-electron chi connectivity index (χ3n) is 6.46. The molecule has 7 heteroatoms. The molecule has 2 heterocycles. The Hall–Kier alpha value is -1.73. The van der Waals surface area contributed by atoms with Crippen molar-refractivity contribution in [3.05, 3.63) is 26.6 Å². The summed E-state index contributed by atoms with van der Waals surface area (Å²) in [5.74, 6) is 0.957. The molecular formula is C23H33N3O3S. The van der Waals surface area contributed by atoms with Crippen LogP contribution in [0.1, 0.15) is 74.7 Å². The minimum atomic E-state index is -0.677. The molecule has 2 aromatic rings. The van der Waals surface area contributed by atoms with Crippen LogP contribution in [-0.2, 0) is 28.9 Å². The first-order chi connectivity index (χ1) is 14.3. The largest absolute Gasteiger partial charge is 0.461 e. The number of ether oxygens (including phenoxy) is 1. The van der Waals surface area contributed by atoms with Crippen molar-refractivity contribution in [1.29, 1.82) is 0 Å². The number of aromatic nitrogens is 2. The number of carbonyl (C=O) groups excluding carboxylic acids is 1. The zero-order valence-corrected chi connectivity index (χ0v) is 19.4. The first-order valence-corrected chi connectivity index (χ1v) is 12.1. The maximum atomic E-state index is 13.7. The Balaban J connectivity index is 1.75. The molecule has 2 aliphatic carbocycles. The Morgan fingerprint density at radius 1 is 1.27 bits per heavy atom. The highest BCUT2D eigenvalue weighted by atomic mass is 32.1. The number of nitrogens with zero attached hydrogens (tertiary/aromatic N) is 3. The van der Waals surface area contributed by atoms with Crippen LogP contribution in [0.15, 0.2) is 4.79 Å². The van der Waals surface area contributed by atoms with E-state index in [4.69, 9.17) is 9.72 Å². The Morgan fingerprint density at radius 2 is 2.00 bits per heavy atom. The predicted molar refractivity (Wildman–Crippen MR) is 120 cm³/mol. The number of aryl methyl sites for hydroxylation is 1. The molecule has 0 amide bonds. The number of thiophene rings is 1. The summed E-state index contributed by atoms with van der Waals surface area (Å²) < 4.78 is 7.40. The van der Waals surface area contributed by atoms with Crippen molar-refractivity contribution in [2.45, 2.75) is 83.9 Å². The minimum Gasteiger partial charge on any atom is -0.461 e. The summed E-state index contributed by atoms with van der Waals surface area (Å²) in [6, 6.07) is -0.677. The van der Waals surface area contributed by atoms with E-state index in [2.05, 4.69) is 6.92 Å². The van der Waals surface area contributed by atoms with E-state index in [9.17, 15) is 9.59 Å². The second-order valence-corrected chi connectivity index (χ2v) is 10.4. The van der Waals surface area contributed by atoms with E-state index in [1.807, 2.05) is 19.0 Å². The fourth-order valence-corrected chi connectivity index (χ4v) is 6.18. The summed E-state index contributed by atoms with van der Waals surface area (Å²) in [5.41, 5.74) is 1.07. The van der Waals surface area contributed by atoms with Gasteiger partial charge in [-0.1, -0.05) is 13.3 Å². The Labute approximate surface area is 182 Å². The molecule has 6 nitrogen and oxygen atoms in total. The van der Waals surface area contributed by atoms with Gasteiger partial charge in [0.2, 0.25) is 0 Å². The maximum absolute atomic E-state index is 13.7. The molecule has 4 rings (SSSR count). The maximum Gasteiger partial charge on any atom is 0.329 e. The van der Waals surface area contributed by atoms with Crippen molar-refractivity contribution >= 4 is 27.5 Å². The van der Waals surface area contributed by atoms with Gasteiger partial charge in [0.05, 0.1) is 11.9 Å². The second-order valence-electron chi connectivity index (χ2n) is 9.35. The van der Waals surface area contributed by atoms with Gasteiger partial charge in [0.25, 0.3) is 5.56 Å². The van der Waals surface area contributed by atoms with E-state index >= 15 is 0 Å². The van der Waals surface area contributed by atoms with Crippen LogP contribution >= 0.6 is 11.3 Å². The van der Waals surface area contributed by atoms with E-state index in [-0.39, 0.29) is 17.6 Å². The zero-order chi connectivity index (χ0) is 21.4. The van der Waals surface area contributed by atoms with Crippen LogP contribution in [0.4, 0.5) is 0 Å². The van der Waals surface area contributed by atoms with Crippen molar-refractivity contribution in [1.82, 2.24) is 14.5 Å². The Bertz CT molecular complexity index is 988. The van der Waals surface area contributed by atoms with Crippen LogP contribution in [-0.4, -0.2) is 40.6 Å². The number of hydrogen-bond donors (Lipinski definition) is 0. The van der Waals surface area contributed by atoms with E-state index in [0.29, 0.717) is 18.3 Å². The summed E-state index contributed by atoms with van der Waals surface area (Å²) >= 11 is 1.66. The molecule has 0 saturated heterocycles. The van der Waals surface area contributed by atoms with Crippen LogP contribution < -0.4 is 5.56 Å². The average Bonchev–Trinajstić information content (AvgIpc) is 3.05. The molecule has 0 radical (unpaired) electrons. The standard InChI is InChI=1S/C23H33N3O3S/c1-14-10-11-17-18(12-14)30-21-20(17)22(27)26(19(24-21)13-25(3)4)15(2)23(28)29-16-8-6-5-7-9-16/h14-16H,5-13H2,1-4H3. The molecule has 2 aromatic heterocycles. The summed E-state index contributed by atoms with van der Waals surface area (Å²) in [5, 5.41) is 0.724. The van der Waals surface area contributed by atoms with Gasteiger partial charge < -0.3 is 9.64 Å². The second kappa shape index (κ2) is 8.79. The normalized spacial score (nSPS) is 21.0. The van der Waals surface area contributed by atoms with Gasteiger partial charge in [-0.05, 0) is 77.4 Å². The summed E-state index contributed by atoms with van der Waals surface area (Å²) in [4.78, 5) is 35.7. The molecule has 2 aliphatic rings.